The van der Waals surface area contributed by atoms with Crippen molar-refractivity contribution in [1.29, 1.82) is 0 Å². The van der Waals surface area contributed by atoms with E-state index in [0.29, 0.717) is 24.0 Å². The molecule has 2 rings (SSSR count). The predicted molar refractivity (Wildman–Crippen MR) is 98.7 cm³/mol. The van der Waals surface area contributed by atoms with Crippen LogP contribution in [0.1, 0.15) is 25.8 Å². The lowest BCUT2D eigenvalue weighted by Gasteiger charge is -2.23. The Morgan fingerprint density at radius 2 is 1.83 bits per heavy atom. The highest BCUT2D eigenvalue weighted by Crippen LogP contribution is 2.29. The number of nitrogens with zero attached hydrogens (tertiary/aromatic N) is 1. The summed E-state index contributed by atoms with van der Waals surface area (Å²) in [5.74, 6) is 1.35. The molecule has 4 heteroatoms. The maximum absolute atomic E-state index is 12.3. The molecule has 1 amide bonds. The van der Waals surface area contributed by atoms with Crippen molar-refractivity contribution < 1.29 is 9.53 Å². The van der Waals surface area contributed by atoms with Gasteiger partial charge < -0.3 is 10.1 Å². The third kappa shape index (κ3) is 5.10. The van der Waals surface area contributed by atoms with Gasteiger partial charge in [0.15, 0.2) is 5.75 Å². The number of para-hydroxylation sites is 2. The summed E-state index contributed by atoms with van der Waals surface area (Å²) in [6, 6.07) is 15.7. The molecule has 0 aromatic heterocycles. The Bertz CT molecular complexity index is 668. The first-order valence-electron chi connectivity index (χ1n) is 8.33. The summed E-state index contributed by atoms with van der Waals surface area (Å²) in [5, 5.41) is 2.95. The lowest BCUT2D eigenvalue weighted by molar-refractivity contribution is -0.117. The third-order valence-corrected chi connectivity index (χ3v) is 4.15. The average Bonchev–Trinajstić information content (AvgIpc) is 2.57. The Balaban J connectivity index is 2.05. The minimum Gasteiger partial charge on any atom is -0.455 e. The zero-order chi connectivity index (χ0) is 17.5. The first-order valence-corrected chi connectivity index (χ1v) is 8.33. The first kappa shape index (κ1) is 18.0. The molecule has 1 atom stereocenters. The molecular weight excluding hydrogens is 300 g/mol. The van der Waals surface area contributed by atoms with Gasteiger partial charge in [-0.25, -0.2) is 0 Å². The summed E-state index contributed by atoms with van der Waals surface area (Å²) in [6.07, 6.45) is 1.01. The van der Waals surface area contributed by atoms with Crippen molar-refractivity contribution in [3.63, 3.8) is 0 Å². The molecule has 128 valence electrons. The van der Waals surface area contributed by atoms with Crippen LogP contribution in [0.25, 0.3) is 0 Å². The van der Waals surface area contributed by atoms with Gasteiger partial charge in [0.2, 0.25) is 5.91 Å². The van der Waals surface area contributed by atoms with E-state index in [4.69, 9.17) is 4.74 Å². The van der Waals surface area contributed by atoms with E-state index in [9.17, 15) is 4.79 Å². The zero-order valence-electron chi connectivity index (χ0n) is 14.9. The maximum atomic E-state index is 12.3. The van der Waals surface area contributed by atoms with Gasteiger partial charge in [0.1, 0.15) is 5.75 Å². The van der Waals surface area contributed by atoms with E-state index in [1.54, 1.807) is 0 Å². The highest BCUT2D eigenvalue weighted by Gasteiger charge is 2.13. The fraction of sp³-hybridized carbons (Fsp3) is 0.350. The highest BCUT2D eigenvalue weighted by atomic mass is 16.5. The molecule has 1 N–H and O–H groups in total. The second-order valence-corrected chi connectivity index (χ2v) is 6.13. The number of carbonyl (C=O) groups excluding carboxylic acids is 1. The van der Waals surface area contributed by atoms with Crippen LogP contribution in [0.3, 0.4) is 0 Å². The molecule has 0 bridgehead atoms. The van der Waals surface area contributed by atoms with Gasteiger partial charge >= 0.3 is 0 Å². The number of nitrogens with one attached hydrogen (secondary N) is 1. The van der Waals surface area contributed by atoms with Crippen molar-refractivity contribution in [2.24, 2.45) is 0 Å². The number of benzene rings is 2. The van der Waals surface area contributed by atoms with Crippen LogP contribution in [0, 0.1) is 6.92 Å². The molecule has 24 heavy (non-hydrogen) atoms. The number of aryl methyl sites for hydroxylation is 1. The van der Waals surface area contributed by atoms with Gasteiger partial charge in [-0.1, -0.05) is 36.8 Å². The van der Waals surface area contributed by atoms with Crippen LogP contribution in [-0.4, -0.2) is 30.4 Å². The number of hydrogen-bond acceptors (Lipinski definition) is 3. The monoisotopic (exact) mass is 326 g/mol. The Morgan fingerprint density at radius 3 is 2.50 bits per heavy atom. The maximum Gasteiger partial charge on any atom is 0.238 e. The molecule has 0 saturated carbocycles. The van der Waals surface area contributed by atoms with Gasteiger partial charge in [-0.05, 0) is 51.6 Å². The van der Waals surface area contributed by atoms with E-state index < -0.39 is 0 Å². The van der Waals surface area contributed by atoms with Gasteiger partial charge in [0.25, 0.3) is 0 Å². The number of anilines is 1. The van der Waals surface area contributed by atoms with Gasteiger partial charge in [-0.15, -0.1) is 0 Å². The van der Waals surface area contributed by atoms with E-state index in [1.165, 1.54) is 5.56 Å². The largest absolute Gasteiger partial charge is 0.455 e. The molecule has 1 unspecified atom stereocenters. The minimum absolute atomic E-state index is 0.0437. The fourth-order valence-corrected chi connectivity index (χ4v) is 2.28. The summed E-state index contributed by atoms with van der Waals surface area (Å²) in [7, 11) is 1.96. The topological polar surface area (TPSA) is 41.6 Å². The first-order chi connectivity index (χ1) is 11.5. The van der Waals surface area contributed by atoms with Crippen LogP contribution in [0.4, 0.5) is 5.69 Å². The number of hydrogen-bond donors (Lipinski definition) is 1. The van der Waals surface area contributed by atoms with E-state index in [0.717, 1.165) is 12.2 Å². The quantitative estimate of drug-likeness (QED) is 0.817. The van der Waals surface area contributed by atoms with E-state index in [-0.39, 0.29) is 5.91 Å². The van der Waals surface area contributed by atoms with Crippen LogP contribution < -0.4 is 10.1 Å². The van der Waals surface area contributed by atoms with Crippen LogP contribution >= 0.6 is 0 Å². The Labute approximate surface area is 144 Å². The van der Waals surface area contributed by atoms with Crippen LogP contribution in [-0.2, 0) is 4.79 Å². The van der Waals surface area contributed by atoms with Gasteiger partial charge in [0.05, 0.1) is 12.2 Å². The van der Waals surface area contributed by atoms with Crippen LogP contribution in [0.15, 0.2) is 48.5 Å². The Kier molecular flexibility index (Phi) is 6.38. The van der Waals surface area contributed by atoms with E-state index in [1.807, 2.05) is 67.4 Å². The standard InChI is InChI=1S/C20H26N2O2/c1-5-16(3)22(4)14-20(23)21-18-8-6-7-9-19(18)24-17-12-10-15(2)11-13-17/h6-13,16H,5,14H2,1-4H3,(H,21,23). The number of amides is 1. The fourth-order valence-electron chi connectivity index (χ4n) is 2.28. The predicted octanol–water partition coefficient (Wildman–Crippen LogP) is 4.46. The second-order valence-electron chi connectivity index (χ2n) is 6.13. The summed E-state index contributed by atoms with van der Waals surface area (Å²) in [5.41, 5.74) is 1.86. The normalized spacial score (nSPS) is 12.0. The summed E-state index contributed by atoms with van der Waals surface area (Å²) >= 11 is 0. The molecule has 0 radical (unpaired) electrons. The molecule has 0 saturated heterocycles. The van der Waals surface area contributed by atoms with Crippen molar-refractivity contribution in [2.45, 2.75) is 33.2 Å². The smallest absolute Gasteiger partial charge is 0.238 e. The summed E-state index contributed by atoms with van der Waals surface area (Å²) in [4.78, 5) is 14.3. The molecule has 0 spiro atoms. The summed E-state index contributed by atoms with van der Waals surface area (Å²) < 4.78 is 5.91. The van der Waals surface area contributed by atoms with Gasteiger partial charge in [-0.3, -0.25) is 9.69 Å². The van der Waals surface area contributed by atoms with Gasteiger partial charge in [0, 0.05) is 6.04 Å². The second kappa shape index (κ2) is 8.50. The Morgan fingerprint density at radius 1 is 1.17 bits per heavy atom. The lowest BCUT2D eigenvalue weighted by atomic mass is 10.2. The lowest BCUT2D eigenvalue weighted by Crippen LogP contribution is -2.36. The van der Waals surface area contributed by atoms with E-state index in [2.05, 4.69) is 19.2 Å². The molecule has 2 aromatic rings. The molecule has 0 aliphatic carbocycles. The zero-order valence-corrected chi connectivity index (χ0v) is 14.9. The molecular formula is C20H26N2O2. The molecule has 0 aliphatic heterocycles. The molecule has 2 aromatic carbocycles. The molecule has 0 fully saturated rings. The van der Waals surface area contributed by atoms with Crippen LogP contribution in [0.5, 0.6) is 11.5 Å². The van der Waals surface area contributed by atoms with Crippen molar-refractivity contribution >= 4 is 11.6 Å². The number of ether oxygens (including phenoxy) is 1. The molecule has 4 nitrogen and oxygen atoms in total. The molecule has 0 heterocycles. The minimum atomic E-state index is -0.0437. The summed E-state index contributed by atoms with van der Waals surface area (Å²) in [6.45, 7) is 6.62. The van der Waals surface area contributed by atoms with Gasteiger partial charge in [-0.2, -0.15) is 0 Å². The van der Waals surface area contributed by atoms with Crippen molar-refractivity contribution in [3.05, 3.63) is 54.1 Å². The average molecular weight is 326 g/mol. The van der Waals surface area contributed by atoms with Crippen LogP contribution in [0.2, 0.25) is 0 Å². The van der Waals surface area contributed by atoms with Crippen molar-refractivity contribution in [1.82, 2.24) is 4.90 Å². The van der Waals surface area contributed by atoms with Crippen molar-refractivity contribution in [3.8, 4) is 11.5 Å². The number of carbonyl (C=O) groups is 1. The van der Waals surface area contributed by atoms with E-state index >= 15 is 0 Å². The molecule has 0 aliphatic rings. The third-order valence-electron chi connectivity index (χ3n) is 4.15. The highest BCUT2D eigenvalue weighted by molar-refractivity contribution is 5.93. The number of rotatable bonds is 7. The Hall–Kier alpha value is -2.33. The SMILES string of the molecule is CCC(C)N(C)CC(=O)Nc1ccccc1Oc1ccc(C)cc1. The van der Waals surface area contributed by atoms with Crippen molar-refractivity contribution in [2.75, 3.05) is 18.9 Å². The number of likely N-dealkylation sites (N-methyl/N-ethyl adjacent to an activating group) is 1.